The number of fused-ring (bicyclic) bond motifs is 2. The fraction of sp³-hybridized carbons (Fsp3) is 0.0714. The number of benzene rings is 2. The fourth-order valence-corrected chi connectivity index (χ4v) is 2.23. The van der Waals surface area contributed by atoms with Crippen LogP contribution in [-0.2, 0) is 4.79 Å². The van der Waals surface area contributed by atoms with Crippen molar-refractivity contribution in [2.45, 2.75) is 5.92 Å². The third-order valence-corrected chi connectivity index (χ3v) is 3.10. The third kappa shape index (κ3) is 1.50. The van der Waals surface area contributed by atoms with Crippen LogP contribution in [0.25, 0.3) is 0 Å². The Morgan fingerprint density at radius 2 is 1.44 bits per heavy atom. The van der Waals surface area contributed by atoms with Crippen LogP contribution in [0.3, 0.4) is 0 Å². The highest BCUT2D eigenvalue weighted by atomic mass is 16.5. The summed E-state index contributed by atoms with van der Waals surface area (Å²) in [6, 6.07) is 10.6. The summed E-state index contributed by atoms with van der Waals surface area (Å²) in [6.45, 7) is 0. The van der Waals surface area contributed by atoms with Crippen molar-refractivity contribution in [2.75, 3.05) is 11.5 Å². The molecule has 1 aliphatic rings. The lowest BCUT2D eigenvalue weighted by molar-refractivity contribution is -0.108. The summed E-state index contributed by atoms with van der Waals surface area (Å²) in [5.41, 5.74) is 14.3. The fourth-order valence-electron chi connectivity index (χ4n) is 2.23. The van der Waals surface area contributed by atoms with Gasteiger partial charge < -0.3 is 21.0 Å². The van der Waals surface area contributed by atoms with Gasteiger partial charge in [0.1, 0.15) is 17.8 Å². The van der Waals surface area contributed by atoms with Crippen LogP contribution in [0.15, 0.2) is 36.4 Å². The first-order valence-corrected chi connectivity index (χ1v) is 5.61. The molecular formula is C14H12N2O2. The minimum absolute atomic E-state index is 0.329. The van der Waals surface area contributed by atoms with Gasteiger partial charge in [0.25, 0.3) is 0 Å². The highest BCUT2D eigenvalue weighted by molar-refractivity contribution is 5.76. The zero-order chi connectivity index (χ0) is 12.7. The normalized spacial score (nSPS) is 13.3. The number of ether oxygens (including phenoxy) is 1. The van der Waals surface area contributed by atoms with E-state index in [1.165, 1.54) is 0 Å². The first-order chi connectivity index (χ1) is 8.69. The Kier molecular flexibility index (Phi) is 2.23. The molecule has 0 saturated carbocycles. The van der Waals surface area contributed by atoms with Crippen molar-refractivity contribution < 1.29 is 9.53 Å². The number of aldehydes is 1. The molecule has 4 N–H and O–H groups in total. The number of nitrogens with two attached hydrogens (primary N) is 2. The van der Waals surface area contributed by atoms with Crippen LogP contribution in [0, 0.1) is 0 Å². The van der Waals surface area contributed by atoms with Gasteiger partial charge in [-0.3, -0.25) is 0 Å². The van der Waals surface area contributed by atoms with Gasteiger partial charge in [0.2, 0.25) is 0 Å². The topological polar surface area (TPSA) is 78.3 Å². The van der Waals surface area contributed by atoms with Gasteiger partial charge in [-0.15, -0.1) is 0 Å². The van der Waals surface area contributed by atoms with Crippen molar-refractivity contribution in [1.29, 1.82) is 0 Å². The molecule has 90 valence electrons. The number of hydrogen-bond acceptors (Lipinski definition) is 4. The molecule has 4 nitrogen and oxygen atoms in total. The average Bonchev–Trinajstić information content (AvgIpc) is 2.35. The van der Waals surface area contributed by atoms with Crippen molar-refractivity contribution in [1.82, 2.24) is 0 Å². The zero-order valence-electron chi connectivity index (χ0n) is 9.59. The predicted molar refractivity (Wildman–Crippen MR) is 69.7 cm³/mol. The molecule has 0 fully saturated rings. The molecule has 18 heavy (non-hydrogen) atoms. The van der Waals surface area contributed by atoms with Gasteiger partial charge >= 0.3 is 0 Å². The summed E-state index contributed by atoms with van der Waals surface area (Å²) in [4.78, 5) is 11.3. The van der Waals surface area contributed by atoms with E-state index in [4.69, 9.17) is 16.2 Å². The van der Waals surface area contributed by atoms with Crippen LogP contribution in [0.4, 0.5) is 11.4 Å². The van der Waals surface area contributed by atoms with E-state index in [1.54, 1.807) is 24.3 Å². The molecule has 0 aromatic heterocycles. The summed E-state index contributed by atoms with van der Waals surface area (Å²) < 4.78 is 5.75. The summed E-state index contributed by atoms with van der Waals surface area (Å²) in [7, 11) is 0. The van der Waals surface area contributed by atoms with E-state index in [2.05, 4.69) is 0 Å². The molecule has 0 atom stereocenters. The van der Waals surface area contributed by atoms with Crippen molar-refractivity contribution in [2.24, 2.45) is 0 Å². The Labute approximate surface area is 104 Å². The van der Waals surface area contributed by atoms with E-state index < -0.39 is 0 Å². The van der Waals surface area contributed by atoms with Crippen molar-refractivity contribution in [3.05, 3.63) is 47.5 Å². The van der Waals surface area contributed by atoms with Gasteiger partial charge in [0.15, 0.2) is 0 Å². The van der Waals surface area contributed by atoms with Crippen LogP contribution in [0.2, 0.25) is 0 Å². The van der Waals surface area contributed by atoms with Crippen molar-refractivity contribution >= 4 is 17.7 Å². The number of carbonyl (C=O) groups excluding carboxylic acids is 1. The zero-order valence-corrected chi connectivity index (χ0v) is 9.59. The summed E-state index contributed by atoms with van der Waals surface area (Å²) >= 11 is 0. The molecule has 3 rings (SSSR count). The summed E-state index contributed by atoms with van der Waals surface area (Å²) in [6.07, 6.45) is 0.909. The predicted octanol–water partition coefficient (Wildman–Crippen LogP) is 2.29. The first-order valence-electron chi connectivity index (χ1n) is 5.61. The standard InChI is InChI=1S/C14H12N2O2/c15-8-1-3-10-12(7-17)11-4-2-9(16)6-14(11)18-13(10)5-8/h1-7,12H,15-16H2. The van der Waals surface area contributed by atoms with Crippen LogP contribution >= 0.6 is 0 Å². The first kappa shape index (κ1) is 10.7. The maximum atomic E-state index is 11.3. The Morgan fingerprint density at radius 1 is 0.944 bits per heavy atom. The Bertz CT molecular complexity index is 586. The second kappa shape index (κ2) is 3.77. The van der Waals surface area contributed by atoms with Crippen molar-refractivity contribution in [3.63, 3.8) is 0 Å². The number of rotatable bonds is 1. The van der Waals surface area contributed by atoms with Gasteiger partial charge in [0, 0.05) is 34.6 Å². The quantitative estimate of drug-likeness (QED) is 0.592. The average molecular weight is 240 g/mol. The molecule has 0 amide bonds. The van der Waals surface area contributed by atoms with Crippen LogP contribution < -0.4 is 16.2 Å². The lowest BCUT2D eigenvalue weighted by atomic mass is 9.89. The number of nitrogen functional groups attached to an aromatic ring is 2. The smallest absolute Gasteiger partial charge is 0.133 e. The molecule has 2 aromatic carbocycles. The summed E-state index contributed by atoms with van der Waals surface area (Å²) in [5.74, 6) is 0.903. The second-order valence-corrected chi connectivity index (χ2v) is 4.31. The van der Waals surface area contributed by atoms with Gasteiger partial charge in [-0.05, 0) is 12.1 Å². The number of carbonyl (C=O) groups is 1. The van der Waals surface area contributed by atoms with Gasteiger partial charge in [-0.1, -0.05) is 12.1 Å². The number of hydrogen-bond donors (Lipinski definition) is 2. The number of anilines is 2. The maximum absolute atomic E-state index is 11.3. The second-order valence-electron chi connectivity index (χ2n) is 4.31. The Hall–Kier alpha value is -2.49. The molecule has 0 radical (unpaired) electrons. The van der Waals surface area contributed by atoms with Crippen LogP contribution in [-0.4, -0.2) is 6.29 Å². The van der Waals surface area contributed by atoms with Gasteiger partial charge in [-0.25, -0.2) is 0 Å². The molecule has 1 heterocycles. The largest absolute Gasteiger partial charge is 0.457 e. The van der Waals surface area contributed by atoms with E-state index in [-0.39, 0.29) is 5.92 Å². The molecule has 0 saturated heterocycles. The van der Waals surface area contributed by atoms with E-state index in [0.717, 1.165) is 17.4 Å². The molecule has 0 spiro atoms. The molecule has 4 heteroatoms. The lowest BCUT2D eigenvalue weighted by Gasteiger charge is -2.25. The van der Waals surface area contributed by atoms with Crippen molar-refractivity contribution in [3.8, 4) is 11.5 Å². The molecule has 0 aliphatic carbocycles. The highest BCUT2D eigenvalue weighted by Gasteiger charge is 2.27. The monoisotopic (exact) mass is 240 g/mol. The molecule has 1 aliphatic heterocycles. The van der Waals surface area contributed by atoms with E-state index in [0.29, 0.717) is 22.9 Å². The molecule has 0 bridgehead atoms. The molecule has 0 unspecified atom stereocenters. The summed E-state index contributed by atoms with van der Waals surface area (Å²) in [5, 5.41) is 0. The lowest BCUT2D eigenvalue weighted by Crippen LogP contribution is -2.11. The van der Waals surface area contributed by atoms with E-state index in [9.17, 15) is 4.79 Å². The minimum Gasteiger partial charge on any atom is -0.457 e. The SMILES string of the molecule is Nc1ccc2c(c1)Oc1cc(N)ccc1C2C=O. The highest BCUT2D eigenvalue weighted by Crippen LogP contribution is 2.44. The Balaban J connectivity index is 2.21. The maximum Gasteiger partial charge on any atom is 0.133 e. The van der Waals surface area contributed by atoms with E-state index >= 15 is 0 Å². The van der Waals surface area contributed by atoms with Crippen LogP contribution in [0.5, 0.6) is 11.5 Å². The van der Waals surface area contributed by atoms with Gasteiger partial charge in [-0.2, -0.15) is 0 Å². The van der Waals surface area contributed by atoms with Crippen LogP contribution in [0.1, 0.15) is 17.0 Å². The molecular weight excluding hydrogens is 228 g/mol. The van der Waals surface area contributed by atoms with E-state index in [1.807, 2.05) is 12.1 Å². The molecule has 2 aromatic rings. The third-order valence-electron chi connectivity index (χ3n) is 3.10. The minimum atomic E-state index is -0.329. The Morgan fingerprint density at radius 3 is 1.89 bits per heavy atom. The van der Waals surface area contributed by atoms with Gasteiger partial charge in [0.05, 0.1) is 5.92 Å².